The molecule has 0 aromatic heterocycles. The van der Waals surface area contributed by atoms with Crippen LogP contribution in [0.2, 0.25) is 0 Å². The van der Waals surface area contributed by atoms with E-state index >= 15 is 0 Å². The van der Waals surface area contributed by atoms with Gasteiger partial charge in [0.2, 0.25) is 11.8 Å². The number of hydrogen-bond donors (Lipinski definition) is 4. The normalized spacial score (nSPS) is 16.7. The van der Waals surface area contributed by atoms with E-state index in [0.717, 1.165) is 28.9 Å². The van der Waals surface area contributed by atoms with Gasteiger partial charge in [-0.2, -0.15) is 0 Å². The number of rotatable bonds is 16. The van der Waals surface area contributed by atoms with Gasteiger partial charge in [0, 0.05) is 54.8 Å². The minimum Gasteiger partial charge on any atom is -0.493 e. The molecule has 9 rings (SSSR count). The SMILES string of the molecule is COC(=O)CCNC(=O)[C@H](C)NC(=O)[C@H](C)NC(=O)c1cc(COc2cc3c(cc2OC)C(=O)N2c4ccccc4C[C@H]2C=N3)cc(COc2cc3c(cc2OC)C(=O)N2c4ccccc4C[C@H]2CN3)c1. The molecule has 0 fully saturated rings. The average Bonchev–Trinajstić information content (AvgIpc) is 3.87. The summed E-state index contributed by atoms with van der Waals surface area (Å²) in [6, 6.07) is 25.0. The van der Waals surface area contributed by atoms with Gasteiger partial charge < -0.3 is 49.9 Å². The van der Waals surface area contributed by atoms with Crippen molar-refractivity contribution in [2.75, 3.05) is 49.5 Å². The fraction of sp³-hybridized carbons (Fsp3) is 0.302. The number of fused-ring (bicyclic) bond motifs is 8. The summed E-state index contributed by atoms with van der Waals surface area (Å²) >= 11 is 0. The zero-order valence-electron chi connectivity index (χ0n) is 39.8. The van der Waals surface area contributed by atoms with Crippen molar-refractivity contribution in [2.45, 2.75) is 70.5 Å². The van der Waals surface area contributed by atoms with Crippen molar-refractivity contribution in [3.8, 4) is 23.0 Å². The number of para-hydroxylation sites is 2. The highest BCUT2D eigenvalue weighted by Crippen LogP contribution is 2.43. The minimum absolute atomic E-state index is 0.0238. The van der Waals surface area contributed by atoms with Gasteiger partial charge >= 0.3 is 5.97 Å². The molecule has 5 amide bonds. The van der Waals surface area contributed by atoms with E-state index in [4.69, 9.17) is 23.9 Å². The van der Waals surface area contributed by atoms with Gasteiger partial charge in [-0.25, -0.2) is 0 Å². The molecule has 0 aliphatic carbocycles. The van der Waals surface area contributed by atoms with Gasteiger partial charge in [-0.05, 0) is 85.0 Å². The van der Waals surface area contributed by atoms with Gasteiger partial charge in [-0.1, -0.05) is 36.4 Å². The largest absolute Gasteiger partial charge is 0.493 e. The summed E-state index contributed by atoms with van der Waals surface area (Å²) in [4.78, 5) is 87.7. The van der Waals surface area contributed by atoms with Crippen LogP contribution in [-0.2, 0) is 45.2 Å². The molecule has 5 aromatic carbocycles. The van der Waals surface area contributed by atoms with E-state index in [9.17, 15) is 28.8 Å². The van der Waals surface area contributed by atoms with Crippen molar-refractivity contribution in [1.82, 2.24) is 16.0 Å². The van der Waals surface area contributed by atoms with Gasteiger partial charge in [0.15, 0.2) is 23.0 Å². The second-order valence-electron chi connectivity index (χ2n) is 17.6. The third-order valence-corrected chi connectivity index (χ3v) is 12.9. The molecule has 366 valence electrons. The summed E-state index contributed by atoms with van der Waals surface area (Å²) < 4.78 is 28.9. The van der Waals surface area contributed by atoms with E-state index in [1.165, 1.54) is 35.2 Å². The van der Waals surface area contributed by atoms with Crippen LogP contribution < -0.4 is 50.0 Å². The summed E-state index contributed by atoms with van der Waals surface area (Å²) in [5.41, 5.74) is 6.96. The highest BCUT2D eigenvalue weighted by molar-refractivity contribution is 6.15. The number of benzene rings is 5. The van der Waals surface area contributed by atoms with E-state index in [1.54, 1.807) is 53.6 Å². The standard InChI is InChI=1S/C53H53N7O11/c1-29(49(62)54-15-14-48(61)69-5)57-50(63)30(2)58-51(64)35-17-31(27-70-46-23-40-38(21-44(46)67-3)52(65)59-36(25-55-40)19-33-10-6-8-12-42(33)59)16-32(18-35)28-71-47-24-41-39(22-45(47)68-4)53(66)60-37(26-56-41)20-34-11-7-9-13-43(34)60/h6-13,16-18,21-25,29-30,36-37,56H,14-15,19-20,26-28H2,1-5H3,(H,54,62)(H,57,63)(H,58,64)/t29-,30-,36-,37-/m0/s1. The summed E-state index contributed by atoms with van der Waals surface area (Å²) in [5, 5.41) is 11.3. The second kappa shape index (κ2) is 20.3. The number of anilines is 3. The number of carbonyl (C=O) groups is 6. The maximum atomic E-state index is 14.1. The monoisotopic (exact) mass is 963 g/mol. The maximum Gasteiger partial charge on any atom is 0.307 e. The molecule has 0 saturated heterocycles. The topological polar surface area (TPSA) is 216 Å². The Morgan fingerprint density at radius 1 is 0.704 bits per heavy atom. The van der Waals surface area contributed by atoms with Crippen LogP contribution in [-0.4, -0.2) is 100 Å². The Labute approximate surface area is 409 Å². The predicted molar refractivity (Wildman–Crippen MR) is 263 cm³/mol. The number of ether oxygens (including phenoxy) is 5. The Morgan fingerprint density at radius 2 is 1.31 bits per heavy atom. The summed E-state index contributed by atoms with van der Waals surface area (Å²) in [7, 11) is 4.22. The Morgan fingerprint density at radius 3 is 1.99 bits per heavy atom. The van der Waals surface area contributed by atoms with Gasteiger partial charge in [0.25, 0.3) is 17.7 Å². The number of methoxy groups -OCH3 is 3. The maximum absolute atomic E-state index is 14.1. The fourth-order valence-corrected chi connectivity index (χ4v) is 9.28. The molecule has 0 radical (unpaired) electrons. The van der Waals surface area contributed by atoms with Crippen molar-refractivity contribution in [3.63, 3.8) is 0 Å². The average molecular weight is 964 g/mol. The molecule has 0 bridgehead atoms. The summed E-state index contributed by atoms with van der Waals surface area (Å²) in [6.07, 6.45) is 3.10. The minimum atomic E-state index is -1.08. The second-order valence-corrected chi connectivity index (χ2v) is 17.6. The van der Waals surface area contributed by atoms with Crippen molar-refractivity contribution >= 4 is 64.5 Å². The molecule has 0 spiro atoms. The molecule has 18 heteroatoms. The first-order valence-corrected chi connectivity index (χ1v) is 23.2. The lowest BCUT2D eigenvalue weighted by molar-refractivity contribution is -0.140. The van der Waals surface area contributed by atoms with Crippen LogP contribution in [0.1, 0.15) is 73.6 Å². The number of carbonyl (C=O) groups excluding carboxylic acids is 6. The summed E-state index contributed by atoms with van der Waals surface area (Å²) in [5.74, 6) is -1.31. The lowest BCUT2D eigenvalue weighted by Gasteiger charge is -2.22. The van der Waals surface area contributed by atoms with Crippen molar-refractivity contribution < 1.29 is 52.5 Å². The lowest BCUT2D eigenvalue weighted by Crippen LogP contribution is -2.51. The van der Waals surface area contributed by atoms with Crippen molar-refractivity contribution in [3.05, 3.63) is 130 Å². The summed E-state index contributed by atoms with van der Waals surface area (Å²) in [6.45, 7) is 3.38. The lowest BCUT2D eigenvalue weighted by atomic mass is 10.0. The smallest absolute Gasteiger partial charge is 0.307 e. The molecule has 5 aromatic rings. The van der Waals surface area contributed by atoms with Crippen molar-refractivity contribution in [2.24, 2.45) is 4.99 Å². The molecule has 4 heterocycles. The van der Waals surface area contributed by atoms with Gasteiger partial charge in [-0.15, -0.1) is 0 Å². The molecule has 0 unspecified atom stereocenters. The first-order valence-electron chi connectivity index (χ1n) is 23.2. The van der Waals surface area contributed by atoms with E-state index in [1.807, 2.05) is 53.4 Å². The predicted octanol–water partition coefficient (Wildman–Crippen LogP) is 5.45. The highest BCUT2D eigenvalue weighted by atomic mass is 16.5. The molecular weight excluding hydrogens is 911 g/mol. The quantitative estimate of drug-likeness (QED) is 0.0910. The third kappa shape index (κ3) is 9.77. The Bertz CT molecular complexity index is 2990. The highest BCUT2D eigenvalue weighted by Gasteiger charge is 2.39. The molecule has 18 nitrogen and oxygen atoms in total. The van der Waals surface area contributed by atoms with E-state index < -0.39 is 35.8 Å². The zero-order chi connectivity index (χ0) is 49.9. The Hall–Kier alpha value is -8.41. The Balaban J connectivity index is 0.955. The van der Waals surface area contributed by atoms with Gasteiger partial charge in [0.05, 0.1) is 62.3 Å². The number of amides is 5. The van der Waals surface area contributed by atoms with E-state index in [2.05, 4.69) is 26.0 Å². The number of nitrogens with one attached hydrogen (secondary N) is 4. The molecule has 71 heavy (non-hydrogen) atoms. The molecule has 4 N–H and O–H groups in total. The zero-order valence-corrected chi connectivity index (χ0v) is 39.8. The first kappa shape index (κ1) is 47.6. The Kier molecular flexibility index (Phi) is 13.6. The first-order chi connectivity index (χ1) is 34.3. The van der Waals surface area contributed by atoms with Crippen LogP contribution in [0.3, 0.4) is 0 Å². The number of hydrogen-bond acceptors (Lipinski definition) is 13. The molecule has 0 saturated carbocycles. The molecular formula is C53H53N7O11. The van der Waals surface area contributed by atoms with Gasteiger partial charge in [0.1, 0.15) is 25.3 Å². The van der Waals surface area contributed by atoms with Crippen LogP contribution in [0, 0.1) is 0 Å². The van der Waals surface area contributed by atoms with Crippen molar-refractivity contribution in [1.29, 1.82) is 0 Å². The van der Waals surface area contributed by atoms with Crippen LogP contribution in [0.4, 0.5) is 22.7 Å². The molecule has 4 aliphatic heterocycles. The number of esters is 1. The van der Waals surface area contributed by atoms with Crippen LogP contribution >= 0.6 is 0 Å². The molecule has 4 aliphatic rings. The van der Waals surface area contributed by atoms with Gasteiger partial charge in [-0.3, -0.25) is 38.7 Å². The van der Waals surface area contributed by atoms with E-state index in [-0.39, 0.29) is 55.6 Å². The van der Waals surface area contributed by atoms with Crippen LogP contribution in [0.15, 0.2) is 96.0 Å². The number of aliphatic imine (C=N–C) groups is 1. The van der Waals surface area contributed by atoms with Crippen LogP contribution in [0.25, 0.3) is 0 Å². The third-order valence-electron chi connectivity index (χ3n) is 12.9. The van der Waals surface area contributed by atoms with E-state index in [0.29, 0.717) is 69.6 Å². The van der Waals surface area contributed by atoms with Crippen LogP contribution in [0.5, 0.6) is 23.0 Å². The molecule has 4 atom stereocenters. The number of nitrogens with zero attached hydrogens (tertiary/aromatic N) is 3. The fourth-order valence-electron chi connectivity index (χ4n) is 9.28.